The fraction of sp³-hybridized carbons (Fsp3) is 0. The third kappa shape index (κ3) is 3.57. The summed E-state index contributed by atoms with van der Waals surface area (Å²) in [6.07, 6.45) is 0. The maximum absolute atomic E-state index is 10.2. The van der Waals surface area contributed by atoms with Crippen LogP contribution in [-0.2, 0) is 0 Å². The summed E-state index contributed by atoms with van der Waals surface area (Å²) in [5, 5.41) is 20.4. The van der Waals surface area contributed by atoms with Crippen LogP contribution in [0.3, 0.4) is 0 Å². The van der Waals surface area contributed by atoms with Crippen LogP contribution in [0, 0.1) is 21.4 Å². The predicted octanol–water partition coefficient (Wildman–Crippen LogP) is 6.39. The van der Waals surface area contributed by atoms with Gasteiger partial charge in [0.05, 0.1) is 14.3 Å². The van der Waals surface area contributed by atoms with Gasteiger partial charge in [-0.15, -0.1) is 0 Å². The lowest BCUT2D eigenvalue weighted by Crippen LogP contribution is -1.97. The maximum Gasteiger partial charge on any atom is 0.142 e. The first kappa shape index (κ1) is 18.8. The number of hydrogen-bond donors (Lipinski definition) is 2. The van der Waals surface area contributed by atoms with Crippen LogP contribution in [-0.4, -0.2) is 10.2 Å². The summed E-state index contributed by atoms with van der Waals surface area (Å²) < 4.78 is 5.42. The number of hydrogen-bond acceptors (Lipinski definition) is 2. The second-order valence-corrected chi connectivity index (χ2v) is 10.6. The SMILES string of the molecule is Oc1c(I)cc(I)c(-c2c(I)cc(I)c(O)c2I)c1I. The minimum atomic E-state index is 0.297. The second kappa shape index (κ2) is 7.54. The van der Waals surface area contributed by atoms with Gasteiger partial charge in [-0.25, -0.2) is 0 Å². The van der Waals surface area contributed by atoms with Gasteiger partial charge < -0.3 is 10.2 Å². The Morgan fingerprint density at radius 2 is 0.850 bits per heavy atom. The minimum absolute atomic E-state index is 0.297. The number of halogens is 6. The minimum Gasteiger partial charge on any atom is -0.506 e. The summed E-state index contributed by atoms with van der Waals surface area (Å²) in [6, 6.07) is 3.91. The molecular weight excluding hydrogens is 938 g/mol. The van der Waals surface area contributed by atoms with E-state index in [-0.39, 0.29) is 0 Å². The molecule has 0 saturated carbocycles. The predicted molar refractivity (Wildman–Crippen MR) is 132 cm³/mol. The van der Waals surface area contributed by atoms with Crippen molar-refractivity contribution in [1.82, 2.24) is 0 Å². The molecule has 106 valence electrons. The maximum atomic E-state index is 10.2. The van der Waals surface area contributed by atoms with Crippen molar-refractivity contribution in [2.45, 2.75) is 0 Å². The molecule has 0 saturated heterocycles. The molecule has 2 aromatic carbocycles. The van der Waals surface area contributed by atoms with Crippen LogP contribution >= 0.6 is 136 Å². The molecule has 2 N–H and O–H groups in total. The summed E-state index contributed by atoms with van der Waals surface area (Å²) in [4.78, 5) is 0. The molecule has 2 nitrogen and oxygen atoms in total. The first-order valence-electron chi connectivity index (χ1n) is 4.99. The molecule has 0 radical (unpaired) electrons. The third-order valence-corrected chi connectivity index (χ3v) is 7.99. The monoisotopic (exact) mass is 941 g/mol. The summed E-state index contributed by atoms with van der Waals surface area (Å²) in [5.41, 5.74) is 1.95. The molecule has 8 heteroatoms. The Morgan fingerprint density at radius 3 is 1.15 bits per heavy atom. The van der Waals surface area contributed by atoms with E-state index in [1.807, 2.05) is 12.1 Å². The highest BCUT2D eigenvalue weighted by Crippen LogP contribution is 2.44. The molecule has 0 aromatic heterocycles. The van der Waals surface area contributed by atoms with Gasteiger partial charge in [0.15, 0.2) is 0 Å². The molecular formula is C12H4I6O2. The molecule has 0 heterocycles. The van der Waals surface area contributed by atoms with E-state index in [1.54, 1.807) is 0 Å². The highest BCUT2D eigenvalue weighted by Gasteiger charge is 2.22. The summed E-state index contributed by atoms with van der Waals surface area (Å²) in [5.74, 6) is 0.595. The topological polar surface area (TPSA) is 40.5 Å². The number of phenolic OH excluding ortho intramolecular Hbond substituents is 2. The van der Waals surface area contributed by atoms with Crippen molar-refractivity contribution in [3.8, 4) is 22.6 Å². The lowest BCUT2D eigenvalue weighted by Gasteiger charge is -2.16. The van der Waals surface area contributed by atoms with Crippen LogP contribution < -0.4 is 0 Å². The standard InChI is InChI=1S/C12H4I6O2/c13-3-1-5(15)11(19)9(17)7(3)8-4(14)2-6(16)12(20)10(8)18/h1-2,19-20H. The Balaban J connectivity index is 2.90. The molecule has 2 rings (SSSR count). The summed E-state index contributed by atoms with van der Waals surface area (Å²) in [6.45, 7) is 0. The smallest absolute Gasteiger partial charge is 0.142 e. The second-order valence-electron chi connectivity index (χ2n) is 3.76. The fourth-order valence-corrected chi connectivity index (χ4v) is 9.44. The van der Waals surface area contributed by atoms with Gasteiger partial charge in [0.2, 0.25) is 0 Å². The number of aromatic hydroxyl groups is 2. The largest absolute Gasteiger partial charge is 0.506 e. The molecule has 2 aromatic rings. The van der Waals surface area contributed by atoms with Gasteiger partial charge in [-0.2, -0.15) is 0 Å². The molecule has 0 aliphatic heterocycles. The Labute approximate surface area is 198 Å². The van der Waals surface area contributed by atoms with E-state index in [0.29, 0.717) is 11.5 Å². The van der Waals surface area contributed by atoms with Crippen LogP contribution in [0.2, 0.25) is 0 Å². The van der Waals surface area contributed by atoms with Gasteiger partial charge in [0.25, 0.3) is 0 Å². The van der Waals surface area contributed by atoms with Crippen molar-refractivity contribution in [3.05, 3.63) is 33.6 Å². The van der Waals surface area contributed by atoms with E-state index in [9.17, 15) is 10.2 Å². The lowest BCUT2D eigenvalue weighted by molar-refractivity contribution is 0.466. The fourth-order valence-electron chi connectivity index (χ4n) is 1.62. The summed E-state index contributed by atoms with van der Waals surface area (Å²) in [7, 11) is 0. The molecule has 0 atom stereocenters. The molecule has 20 heavy (non-hydrogen) atoms. The van der Waals surface area contributed by atoms with E-state index in [1.165, 1.54) is 0 Å². The highest BCUT2D eigenvalue weighted by molar-refractivity contribution is 14.1. The van der Waals surface area contributed by atoms with Crippen molar-refractivity contribution >= 4 is 136 Å². The van der Waals surface area contributed by atoms with Crippen molar-refractivity contribution in [2.75, 3.05) is 0 Å². The molecule has 0 spiro atoms. The molecule has 0 amide bonds. The van der Waals surface area contributed by atoms with Gasteiger partial charge in [-0.3, -0.25) is 0 Å². The molecule has 0 unspecified atom stereocenters. The average molecular weight is 942 g/mol. The Kier molecular flexibility index (Phi) is 7.07. The van der Waals surface area contributed by atoms with E-state index >= 15 is 0 Å². The zero-order valence-corrected chi connectivity index (χ0v) is 22.3. The van der Waals surface area contributed by atoms with E-state index in [4.69, 9.17) is 0 Å². The molecule has 0 aliphatic rings. The Bertz CT molecular complexity index is 653. The summed E-state index contributed by atoms with van der Waals surface area (Å²) >= 11 is 13.1. The first-order valence-corrected chi connectivity index (χ1v) is 11.5. The van der Waals surface area contributed by atoms with Gasteiger partial charge in [-0.1, -0.05) is 0 Å². The molecule has 0 bridgehead atoms. The number of benzene rings is 2. The van der Waals surface area contributed by atoms with E-state index < -0.39 is 0 Å². The van der Waals surface area contributed by atoms with Crippen molar-refractivity contribution in [3.63, 3.8) is 0 Å². The van der Waals surface area contributed by atoms with Crippen LogP contribution in [0.5, 0.6) is 11.5 Å². The van der Waals surface area contributed by atoms with E-state index in [0.717, 1.165) is 32.5 Å². The first-order chi connectivity index (χ1) is 9.25. The van der Waals surface area contributed by atoms with Crippen LogP contribution in [0.1, 0.15) is 0 Å². The quantitative estimate of drug-likeness (QED) is 0.326. The van der Waals surface area contributed by atoms with Crippen LogP contribution in [0.25, 0.3) is 11.1 Å². The lowest BCUT2D eigenvalue weighted by atomic mass is 10.1. The normalized spacial score (nSPS) is 10.9. The van der Waals surface area contributed by atoms with E-state index in [2.05, 4.69) is 136 Å². The van der Waals surface area contributed by atoms with Gasteiger partial charge in [-0.05, 0) is 148 Å². The van der Waals surface area contributed by atoms with Crippen LogP contribution in [0.4, 0.5) is 0 Å². The molecule has 0 aliphatic carbocycles. The van der Waals surface area contributed by atoms with Gasteiger partial charge >= 0.3 is 0 Å². The Morgan fingerprint density at radius 1 is 0.550 bits per heavy atom. The van der Waals surface area contributed by atoms with Gasteiger partial charge in [0.1, 0.15) is 11.5 Å². The van der Waals surface area contributed by atoms with Crippen molar-refractivity contribution in [2.24, 2.45) is 0 Å². The zero-order valence-electron chi connectivity index (χ0n) is 9.32. The highest BCUT2D eigenvalue weighted by atomic mass is 127. The average Bonchev–Trinajstić information content (AvgIpc) is 2.37. The van der Waals surface area contributed by atoms with Gasteiger partial charge in [0, 0.05) is 18.3 Å². The zero-order chi connectivity index (χ0) is 15.2. The third-order valence-electron chi connectivity index (χ3n) is 2.54. The number of rotatable bonds is 1. The van der Waals surface area contributed by atoms with Crippen molar-refractivity contribution < 1.29 is 10.2 Å². The Hall–Kier alpha value is 2.42. The van der Waals surface area contributed by atoms with Crippen molar-refractivity contribution in [1.29, 1.82) is 0 Å². The molecule has 0 fully saturated rings. The number of phenols is 2. The van der Waals surface area contributed by atoms with Crippen LogP contribution in [0.15, 0.2) is 12.1 Å².